The summed E-state index contributed by atoms with van der Waals surface area (Å²) in [5.74, 6) is 0. The van der Waals surface area contributed by atoms with Crippen molar-refractivity contribution < 1.29 is 13.6 Å². The van der Waals surface area contributed by atoms with Crippen LogP contribution in [-0.4, -0.2) is 12.7 Å². The fraction of sp³-hybridized carbons (Fsp3) is 0.217. The lowest BCUT2D eigenvalue weighted by Gasteiger charge is -2.43. The highest BCUT2D eigenvalue weighted by molar-refractivity contribution is 7.55. The summed E-state index contributed by atoms with van der Waals surface area (Å²) in [7, 11) is -3.58. The van der Waals surface area contributed by atoms with Gasteiger partial charge in [-0.1, -0.05) is 91.0 Å². The Kier molecular flexibility index (Phi) is 5.01. The molecule has 4 heteroatoms. The van der Waals surface area contributed by atoms with E-state index in [1.807, 2.05) is 97.9 Å². The van der Waals surface area contributed by atoms with Crippen LogP contribution in [0.2, 0.25) is 0 Å². The van der Waals surface area contributed by atoms with Crippen LogP contribution in [0.15, 0.2) is 91.0 Å². The van der Waals surface area contributed by atoms with Crippen LogP contribution >= 0.6 is 7.60 Å². The van der Waals surface area contributed by atoms with Crippen LogP contribution in [0, 0.1) is 0 Å². The van der Waals surface area contributed by atoms with Gasteiger partial charge in [-0.05, 0) is 30.0 Å². The normalized spacial score (nSPS) is 23.1. The van der Waals surface area contributed by atoms with Crippen LogP contribution in [0.3, 0.4) is 0 Å². The van der Waals surface area contributed by atoms with E-state index in [0.717, 1.165) is 23.1 Å². The summed E-state index contributed by atoms with van der Waals surface area (Å²) < 4.78 is 26.6. The van der Waals surface area contributed by atoms with Crippen molar-refractivity contribution in [3.8, 4) is 0 Å². The number of hydrogen-bond donors (Lipinski definition) is 0. The lowest BCUT2D eigenvalue weighted by Crippen LogP contribution is -2.35. The van der Waals surface area contributed by atoms with E-state index in [1.165, 1.54) is 0 Å². The van der Waals surface area contributed by atoms with Crippen molar-refractivity contribution in [1.29, 1.82) is 0 Å². The first kappa shape index (κ1) is 18.2. The molecule has 2 atom stereocenters. The summed E-state index contributed by atoms with van der Waals surface area (Å²) in [6.07, 6.45) is 0.610. The molecule has 0 N–H and O–H groups in total. The molecule has 0 aromatic heterocycles. The maximum atomic E-state index is 14.4. The molecule has 0 saturated carbocycles. The molecule has 0 bridgehead atoms. The zero-order valence-corrected chi connectivity index (χ0v) is 16.2. The van der Waals surface area contributed by atoms with Crippen molar-refractivity contribution in [1.82, 2.24) is 0 Å². The largest absolute Gasteiger partial charge is 0.350 e. The summed E-state index contributed by atoms with van der Waals surface area (Å²) in [5.41, 5.74) is 2.71. The minimum absolute atomic E-state index is 0.125. The highest BCUT2D eigenvalue weighted by atomic mass is 31.2. The van der Waals surface area contributed by atoms with Gasteiger partial charge in [0.15, 0.2) is 0 Å². The molecule has 1 aliphatic heterocycles. The van der Waals surface area contributed by atoms with E-state index in [1.54, 1.807) is 0 Å². The second-order valence-corrected chi connectivity index (χ2v) is 8.98. The summed E-state index contributed by atoms with van der Waals surface area (Å²) >= 11 is 0. The fourth-order valence-electron chi connectivity index (χ4n) is 3.85. The van der Waals surface area contributed by atoms with E-state index < -0.39 is 12.8 Å². The molecule has 1 heterocycles. The van der Waals surface area contributed by atoms with Crippen LogP contribution in [0.1, 0.15) is 30.0 Å². The molecule has 0 radical (unpaired) electrons. The zero-order chi connectivity index (χ0) is 18.7. The Morgan fingerprint density at radius 1 is 0.778 bits per heavy atom. The molecule has 3 aromatic carbocycles. The van der Waals surface area contributed by atoms with Crippen molar-refractivity contribution in [2.24, 2.45) is 0 Å². The molecule has 1 fully saturated rings. The Balaban J connectivity index is 2.09. The highest BCUT2D eigenvalue weighted by Crippen LogP contribution is 2.72. The molecule has 1 unspecified atom stereocenters. The molecule has 0 aliphatic carbocycles. The predicted octanol–water partition coefficient (Wildman–Crippen LogP) is 6.00. The summed E-state index contributed by atoms with van der Waals surface area (Å²) in [6.45, 7) is 2.38. The van der Waals surface area contributed by atoms with E-state index in [0.29, 0.717) is 6.61 Å². The van der Waals surface area contributed by atoms with Gasteiger partial charge in [0, 0.05) is 0 Å². The lowest BCUT2D eigenvalue weighted by atomic mass is 9.84. The third kappa shape index (κ3) is 3.06. The van der Waals surface area contributed by atoms with Gasteiger partial charge in [0.2, 0.25) is 0 Å². The standard InChI is InChI=1S/C23H23O3P/c1-19-17-18-25-27(24,26-19)23(20-11-5-2-6-12-20,21-13-7-3-8-14-21)22-15-9-4-10-16-22/h2-16,19H,17-18H2,1H3/t19-,27?/m0/s1. The molecule has 4 rings (SSSR count). The van der Waals surface area contributed by atoms with Gasteiger partial charge in [0.05, 0.1) is 12.7 Å². The topological polar surface area (TPSA) is 35.5 Å². The van der Waals surface area contributed by atoms with Crippen LogP contribution in [0.4, 0.5) is 0 Å². The van der Waals surface area contributed by atoms with Crippen LogP contribution in [0.25, 0.3) is 0 Å². The lowest BCUT2D eigenvalue weighted by molar-refractivity contribution is 0.0844. The highest BCUT2D eigenvalue weighted by Gasteiger charge is 2.56. The molecule has 27 heavy (non-hydrogen) atoms. The summed E-state index contributed by atoms with van der Waals surface area (Å²) in [6, 6.07) is 29.7. The average molecular weight is 378 g/mol. The maximum Gasteiger partial charge on any atom is 0.350 e. The van der Waals surface area contributed by atoms with Gasteiger partial charge >= 0.3 is 7.60 Å². The van der Waals surface area contributed by atoms with Crippen LogP contribution < -0.4 is 0 Å². The average Bonchev–Trinajstić information content (AvgIpc) is 2.71. The van der Waals surface area contributed by atoms with Crippen molar-refractivity contribution in [3.63, 3.8) is 0 Å². The Hall–Kier alpha value is -2.19. The Morgan fingerprint density at radius 2 is 1.19 bits per heavy atom. The third-order valence-corrected chi connectivity index (χ3v) is 7.85. The van der Waals surface area contributed by atoms with Gasteiger partial charge in [0.1, 0.15) is 5.16 Å². The SMILES string of the molecule is C[C@H]1CCOP(=O)(C(c2ccccc2)(c2ccccc2)c2ccccc2)O1. The molecule has 3 aromatic rings. The van der Waals surface area contributed by atoms with E-state index in [-0.39, 0.29) is 6.10 Å². The maximum absolute atomic E-state index is 14.4. The Morgan fingerprint density at radius 3 is 1.56 bits per heavy atom. The second-order valence-electron chi connectivity index (χ2n) is 6.84. The van der Waals surface area contributed by atoms with E-state index in [9.17, 15) is 4.57 Å². The molecule has 1 saturated heterocycles. The van der Waals surface area contributed by atoms with E-state index >= 15 is 0 Å². The van der Waals surface area contributed by atoms with Gasteiger partial charge in [-0.25, -0.2) is 0 Å². The molecular formula is C23H23O3P. The Bertz CT molecular complexity index is 829. The van der Waals surface area contributed by atoms with Gasteiger partial charge in [-0.3, -0.25) is 4.57 Å². The molecule has 1 aliphatic rings. The molecule has 3 nitrogen and oxygen atoms in total. The summed E-state index contributed by atoms with van der Waals surface area (Å²) in [5, 5.41) is -1.02. The van der Waals surface area contributed by atoms with Gasteiger partial charge in [-0.2, -0.15) is 0 Å². The van der Waals surface area contributed by atoms with E-state index in [2.05, 4.69) is 0 Å². The number of benzene rings is 3. The van der Waals surface area contributed by atoms with E-state index in [4.69, 9.17) is 9.05 Å². The number of hydrogen-bond acceptors (Lipinski definition) is 3. The molecule has 0 amide bonds. The van der Waals surface area contributed by atoms with Gasteiger partial charge in [-0.15, -0.1) is 0 Å². The Labute approximate surface area is 160 Å². The first-order valence-corrected chi connectivity index (χ1v) is 10.8. The molecule has 0 spiro atoms. The van der Waals surface area contributed by atoms with Crippen LogP contribution in [-0.2, 0) is 18.8 Å². The van der Waals surface area contributed by atoms with Crippen molar-refractivity contribution >= 4 is 7.60 Å². The smallest absolute Gasteiger partial charge is 0.307 e. The third-order valence-electron chi connectivity index (χ3n) is 5.09. The predicted molar refractivity (Wildman–Crippen MR) is 108 cm³/mol. The first-order valence-electron chi connectivity index (χ1n) is 9.26. The van der Waals surface area contributed by atoms with Crippen molar-refractivity contribution in [3.05, 3.63) is 108 Å². The molecular weight excluding hydrogens is 355 g/mol. The first-order chi connectivity index (χ1) is 13.2. The second kappa shape index (κ2) is 7.44. The monoisotopic (exact) mass is 378 g/mol. The number of rotatable bonds is 4. The quantitative estimate of drug-likeness (QED) is 0.413. The van der Waals surface area contributed by atoms with Gasteiger partial charge < -0.3 is 9.05 Å². The fourth-order valence-corrected chi connectivity index (χ4v) is 6.58. The zero-order valence-electron chi connectivity index (χ0n) is 15.3. The van der Waals surface area contributed by atoms with Crippen molar-refractivity contribution in [2.75, 3.05) is 6.61 Å². The minimum Gasteiger partial charge on any atom is -0.307 e. The molecule has 138 valence electrons. The van der Waals surface area contributed by atoms with Gasteiger partial charge in [0.25, 0.3) is 0 Å². The minimum atomic E-state index is -3.58. The van der Waals surface area contributed by atoms with Crippen LogP contribution in [0.5, 0.6) is 0 Å². The summed E-state index contributed by atoms with van der Waals surface area (Å²) in [4.78, 5) is 0. The van der Waals surface area contributed by atoms with Crippen molar-refractivity contribution in [2.45, 2.75) is 24.6 Å².